The predicted octanol–water partition coefficient (Wildman–Crippen LogP) is -0.349. The summed E-state index contributed by atoms with van der Waals surface area (Å²) in [5, 5.41) is 3.97. The minimum Gasteiger partial charge on any atom is -0.368 e. The first-order chi connectivity index (χ1) is 7.02. The Morgan fingerprint density at radius 3 is 2.80 bits per heavy atom. The number of aryl methyl sites for hydroxylation is 1. The van der Waals surface area contributed by atoms with Crippen molar-refractivity contribution >= 4 is 5.91 Å². The summed E-state index contributed by atoms with van der Waals surface area (Å²) in [5.74, 6) is -0.455. The molecule has 0 fully saturated rings. The molecule has 1 amide bonds. The highest BCUT2D eigenvalue weighted by Gasteiger charge is 2.24. The number of hydrogen-bond acceptors (Lipinski definition) is 4. The number of nitrogens with zero attached hydrogens (tertiary/aromatic N) is 3. The molecule has 0 saturated carbocycles. The Bertz CT molecular complexity index is 306. The molecule has 84 valence electrons. The number of unbranched alkanes of at least 4 members (excludes halogenated alkanes) is 1. The van der Waals surface area contributed by atoms with Crippen molar-refractivity contribution in [3.8, 4) is 0 Å². The first kappa shape index (κ1) is 11.6. The van der Waals surface area contributed by atoms with Crippen molar-refractivity contribution in [1.82, 2.24) is 14.8 Å². The predicted molar refractivity (Wildman–Crippen MR) is 55.7 cm³/mol. The van der Waals surface area contributed by atoms with Crippen LogP contribution < -0.4 is 11.5 Å². The van der Waals surface area contributed by atoms with Gasteiger partial charge in [-0.05, 0) is 26.2 Å². The van der Waals surface area contributed by atoms with E-state index in [-0.39, 0.29) is 0 Å². The van der Waals surface area contributed by atoms with Gasteiger partial charge < -0.3 is 11.5 Å². The van der Waals surface area contributed by atoms with E-state index >= 15 is 0 Å². The number of rotatable bonds is 6. The molecule has 15 heavy (non-hydrogen) atoms. The molecule has 6 nitrogen and oxygen atoms in total. The highest BCUT2D eigenvalue weighted by molar-refractivity contribution is 5.83. The summed E-state index contributed by atoms with van der Waals surface area (Å²) in [7, 11) is 0. The van der Waals surface area contributed by atoms with Crippen LogP contribution in [0.15, 0.2) is 12.7 Å². The summed E-state index contributed by atoms with van der Waals surface area (Å²) in [6.45, 7) is 2.44. The molecule has 1 aromatic rings. The monoisotopic (exact) mass is 211 g/mol. The second kappa shape index (κ2) is 4.88. The van der Waals surface area contributed by atoms with Gasteiger partial charge in [-0.25, -0.2) is 4.98 Å². The lowest BCUT2D eigenvalue weighted by molar-refractivity contribution is -0.122. The molecule has 1 heterocycles. The van der Waals surface area contributed by atoms with Crippen molar-refractivity contribution in [3.05, 3.63) is 12.7 Å². The van der Waals surface area contributed by atoms with Gasteiger partial charge in [0.25, 0.3) is 0 Å². The maximum Gasteiger partial charge on any atom is 0.237 e. The van der Waals surface area contributed by atoms with Crippen molar-refractivity contribution in [2.75, 3.05) is 0 Å². The van der Waals surface area contributed by atoms with E-state index in [0.717, 1.165) is 19.4 Å². The number of primary amides is 1. The Kier molecular flexibility index (Phi) is 3.79. The van der Waals surface area contributed by atoms with Crippen LogP contribution in [0, 0.1) is 0 Å². The summed E-state index contributed by atoms with van der Waals surface area (Å²) in [4.78, 5) is 14.7. The smallest absolute Gasteiger partial charge is 0.237 e. The third-order valence-electron chi connectivity index (χ3n) is 2.36. The lowest BCUT2D eigenvalue weighted by Gasteiger charge is -2.19. The molecule has 1 rings (SSSR count). The van der Waals surface area contributed by atoms with Gasteiger partial charge in [0.05, 0.1) is 5.54 Å². The van der Waals surface area contributed by atoms with E-state index in [9.17, 15) is 4.79 Å². The molecule has 1 atom stereocenters. The molecule has 0 bridgehead atoms. The van der Waals surface area contributed by atoms with E-state index in [0.29, 0.717) is 6.42 Å². The molecule has 4 N–H and O–H groups in total. The van der Waals surface area contributed by atoms with Gasteiger partial charge in [-0.1, -0.05) is 0 Å². The van der Waals surface area contributed by atoms with E-state index in [1.165, 1.54) is 6.33 Å². The first-order valence-electron chi connectivity index (χ1n) is 4.93. The van der Waals surface area contributed by atoms with Crippen LogP contribution in [0.5, 0.6) is 0 Å². The van der Waals surface area contributed by atoms with E-state index < -0.39 is 11.4 Å². The third kappa shape index (κ3) is 3.67. The highest BCUT2D eigenvalue weighted by Crippen LogP contribution is 2.10. The van der Waals surface area contributed by atoms with Crippen LogP contribution in [0.2, 0.25) is 0 Å². The minimum absolute atomic E-state index is 0.455. The summed E-state index contributed by atoms with van der Waals surface area (Å²) < 4.78 is 1.75. The van der Waals surface area contributed by atoms with Gasteiger partial charge in [0.1, 0.15) is 12.7 Å². The van der Waals surface area contributed by atoms with Crippen molar-refractivity contribution < 1.29 is 4.79 Å². The standard InChI is InChI=1S/C9H17N5O/c1-9(11,8(10)15)4-2-3-5-14-7-12-6-13-14/h6-7H,2-5,11H2,1H3,(H2,10,15). The zero-order valence-corrected chi connectivity index (χ0v) is 8.89. The molecule has 1 unspecified atom stereocenters. The maximum atomic E-state index is 10.9. The van der Waals surface area contributed by atoms with Gasteiger partial charge in [0.15, 0.2) is 0 Å². The van der Waals surface area contributed by atoms with Crippen LogP contribution in [0.25, 0.3) is 0 Å². The van der Waals surface area contributed by atoms with Crippen LogP contribution in [-0.4, -0.2) is 26.2 Å². The zero-order valence-electron chi connectivity index (χ0n) is 8.89. The van der Waals surface area contributed by atoms with Gasteiger partial charge in [0.2, 0.25) is 5.91 Å². The fraction of sp³-hybridized carbons (Fsp3) is 0.667. The molecule has 0 spiro atoms. The molecule has 0 aliphatic rings. The fourth-order valence-electron chi connectivity index (χ4n) is 1.24. The number of carbonyl (C=O) groups is 1. The fourth-order valence-corrected chi connectivity index (χ4v) is 1.24. The molecule has 0 aromatic carbocycles. The van der Waals surface area contributed by atoms with Crippen LogP contribution in [0.4, 0.5) is 0 Å². The Hall–Kier alpha value is -1.43. The normalized spacial score (nSPS) is 14.8. The number of carbonyl (C=O) groups excluding carboxylic acids is 1. The molecule has 0 aliphatic heterocycles. The van der Waals surface area contributed by atoms with Gasteiger partial charge >= 0.3 is 0 Å². The summed E-state index contributed by atoms with van der Waals surface area (Å²) in [6, 6.07) is 0. The van der Waals surface area contributed by atoms with Crippen LogP contribution in [0.3, 0.4) is 0 Å². The molecule has 0 radical (unpaired) electrons. The molecular weight excluding hydrogens is 194 g/mol. The summed E-state index contributed by atoms with van der Waals surface area (Å²) in [5.41, 5.74) is 9.96. The number of hydrogen-bond donors (Lipinski definition) is 2. The van der Waals surface area contributed by atoms with Gasteiger partial charge in [-0.2, -0.15) is 5.10 Å². The highest BCUT2D eigenvalue weighted by atomic mass is 16.1. The van der Waals surface area contributed by atoms with Crippen molar-refractivity contribution in [3.63, 3.8) is 0 Å². The summed E-state index contributed by atoms with van der Waals surface area (Å²) >= 11 is 0. The lowest BCUT2D eigenvalue weighted by atomic mass is 9.95. The Morgan fingerprint density at radius 1 is 1.53 bits per heavy atom. The van der Waals surface area contributed by atoms with Crippen LogP contribution in [0.1, 0.15) is 26.2 Å². The summed E-state index contributed by atoms with van der Waals surface area (Å²) in [6.07, 6.45) is 5.50. The average molecular weight is 211 g/mol. The van der Waals surface area contributed by atoms with Gasteiger partial charge in [-0.3, -0.25) is 9.48 Å². The molecule has 1 aromatic heterocycles. The topological polar surface area (TPSA) is 99.8 Å². The van der Waals surface area contributed by atoms with Gasteiger partial charge in [0, 0.05) is 6.54 Å². The number of aromatic nitrogens is 3. The van der Waals surface area contributed by atoms with Crippen molar-refractivity contribution in [2.45, 2.75) is 38.3 Å². The minimum atomic E-state index is -0.900. The quantitative estimate of drug-likeness (QED) is 0.628. The van der Waals surface area contributed by atoms with Crippen LogP contribution >= 0.6 is 0 Å². The first-order valence-corrected chi connectivity index (χ1v) is 4.93. The molecule has 0 saturated heterocycles. The zero-order chi connectivity index (χ0) is 11.3. The van der Waals surface area contributed by atoms with E-state index in [1.807, 2.05) is 0 Å². The molecular formula is C9H17N5O. The Balaban J connectivity index is 2.19. The van der Waals surface area contributed by atoms with E-state index in [4.69, 9.17) is 11.5 Å². The second-order valence-electron chi connectivity index (χ2n) is 3.90. The molecule has 0 aliphatic carbocycles. The maximum absolute atomic E-state index is 10.9. The average Bonchev–Trinajstić information content (AvgIpc) is 2.64. The van der Waals surface area contributed by atoms with Crippen molar-refractivity contribution in [1.29, 1.82) is 0 Å². The third-order valence-corrected chi connectivity index (χ3v) is 2.36. The Labute approximate surface area is 88.7 Å². The largest absolute Gasteiger partial charge is 0.368 e. The lowest BCUT2D eigenvalue weighted by Crippen LogP contribution is -2.49. The second-order valence-corrected chi connectivity index (χ2v) is 3.90. The number of amides is 1. The van der Waals surface area contributed by atoms with Crippen LogP contribution in [-0.2, 0) is 11.3 Å². The van der Waals surface area contributed by atoms with E-state index in [2.05, 4.69) is 10.1 Å². The Morgan fingerprint density at radius 2 is 2.27 bits per heavy atom. The SMILES string of the molecule is CC(N)(CCCCn1cncn1)C(N)=O. The van der Waals surface area contributed by atoms with E-state index in [1.54, 1.807) is 17.9 Å². The molecule has 6 heteroatoms. The van der Waals surface area contributed by atoms with Gasteiger partial charge in [-0.15, -0.1) is 0 Å². The number of nitrogens with two attached hydrogens (primary N) is 2. The van der Waals surface area contributed by atoms with Crippen molar-refractivity contribution in [2.24, 2.45) is 11.5 Å².